The molecule has 0 spiro atoms. The molecule has 34 heavy (non-hydrogen) atoms. The number of nitrogens with one attached hydrogen (secondary N) is 1. The van der Waals surface area contributed by atoms with Gasteiger partial charge >= 0.3 is 0 Å². The number of aromatic nitrogens is 2. The monoisotopic (exact) mass is 460 g/mol. The SMILES string of the molecule is CC(=O)N(c1nc2ccccc2n(CC(=O)Nc2c(C)cc(C)cc2C)c1=O)C1CCCCC1. The summed E-state index contributed by atoms with van der Waals surface area (Å²) in [6.07, 6.45) is 4.87. The highest BCUT2D eigenvalue weighted by Gasteiger charge is 2.29. The van der Waals surface area contributed by atoms with Crippen LogP contribution in [0.15, 0.2) is 41.2 Å². The van der Waals surface area contributed by atoms with Crippen LogP contribution in [0.4, 0.5) is 11.5 Å². The van der Waals surface area contributed by atoms with Crippen molar-refractivity contribution in [1.82, 2.24) is 9.55 Å². The number of carbonyl (C=O) groups is 2. The third-order valence-corrected chi connectivity index (χ3v) is 6.59. The van der Waals surface area contributed by atoms with Crippen molar-refractivity contribution in [1.29, 1.82) is 0 Å². The second-order valence-electron chi connectivity index (χ2n) is 9.32. The van der Waals surface area contributed by atoms with Gasteiger partial charge in [-0.05, 0) is 56.9 Å². The van der Waals surface area contributed by atoms with Crippen LogP contribution in [0.1, 0.15) is 55.7 Å². The van der Waals surface area contributed by atoms with Gasteiger partial charge in [-0.25, -0.2) is 4.98 Å². The second kappa shape index (κ2) is 9.79. The first-order chi connectivity index (χ1) is 16.3. The Bertz CT molecular complexity index is 1280. The van der Waals surface area contributed by atoms with Gasteiger partial charge in [-0.1, -0.05) is 49.1 Å². The van der Waals surface area contributed by atoms with E-state index in [9.17, 15) is 14.4 Å². The zero-order valence-electron chi connectivity index (χ0n) is 20.4. The molecule has 178 valence electrons. The number of para-hydroxylation sites is 2. The van der Waals surface area contributed by atoms with Gasteiger partial charge in [-0.3, -0.25) is 23.9 Å². The first-order valence-corrected chi connectivity index (χ1v) is 11.9. The first-order valence-electron chi connectivity index (χ1n) is 11.9. The molecule has 7 heteroatoms. The third-order valence-electron chi connectivity index (χ3n) is 6.59. The first kappa shape index (κ1) is 23.7. The average molecular weight is 461 g/mol. The molecule has 0 radical (unpaired) electrons. The average Bonchev–Trinajstić information content (AvgIpc) is 2.79. The van der Waals surface area contributed by atoms with E-state index in [1.807, 2.05) is 45.0 Å². The van der Waals surface area contributed by atoms with E-state index in [0.717, 1.165) is 54.5 Å². The van der Waals surface area contributed by atoms with E-state index in [1.165, 1.54) is 11.5 Å². The van der Waals surface area contributed by atoms with E-state index in [-0.39, 0.29) is 30.2 Å². The van der Waals surface area contributed by atoms with Crippen LogP contribution in [-0.2, 0) is 16.1 Å². The molecular formula is C27H32N4O3. The summed E-state index contributed by atoms with van der Waals surface area (Å²) in [6, 6.07) is 11.2. The van der Waals surface area contributed by atoms with Gasteiger partial charge in [0.25, 0.3) is 5.56 Å². The standard InChI is InChI=1S/C27H32N4O3/c1-17-14-18(2)25(19(3)15-17)29-24(33)16-30-23-13-9-8-12-22(23)28-26(27(30)34)31(20(4)32)21-10-6-5-7-11-21/h8-9,12-15,21H,5-7,10-11,16H2,1-4H3,(H,29,33). The van der Waals surface area contributed by atoms with E-state index in [0.29, 0.717) is 11.0 Å². The van der Waals surface area contributed by atoms with Crippen molar-refractivity contribution in [3.8, 4) is 0 Å². The van der Waals surface area contributed by atoms with Crippen LogP contribution in [-0.4, -0.2) is 27.4 Å². The van der Waals surface area contributed by atoms with Crippen molar-refractivity contribution in [2.24, 2.45) is 0 Å². The van der Waals surface area contributed by atoms with Crippen LogP contribution < -0.4 is 15.8 Å². The second-order valence-corrected chi connectivity index (χ2v) is 9.32. The predicted molar refractivity (Wildman–Crippen MR) is 135 cm³/mol. The Hall–Kier alpha value is -3.48. The van der Waals surface area contributed by atoms with Crippen molar-refractivity contribution in [2.45, 2.75) is 72.4 Å². The zero-order chi connectivity index (χ0) is 24.4. The molecule has 0 unspecified atom stereocenters. The van der Waals surface area contributed by atoms with Gasteiger partial charge in [-0.2, -0.15) is 0 Å². The number of amides is 2. The Morgan fingerprint density at radius 3 is 2.35 bits per heavy atom. The molecule has 7 nitrogen and oxygen atoms in total. The summed E-state index contributed by atoms with van der Waals surface area (Å²) in [5.41, 5.74) is 4.55. The number of hydrogen-bond donors (Lipinski definition) is 1. The summed E-state index contributed by atoms with van der Waals surface area (Å²) in [6.45, 7) is 7.24. The molecule has 1 N–H and O–H groups in total. The molecule has 2 amide bonds. The normalized spacial score (nSPS) is 14.2. The fourth-order valence-corrected chi connectivity index (χ4v) is 5.11. The Kier molecular flexibility index (Phi) is 6.82. The molecule has 0 bridgehead atoms. The molecule has 1 fully saturated rings. The van der Waals surface area contributed by atoms with E-state index in [4.69, 9.17) is 0 Å². The minimum Gasteiger partial charge on any atom is -0.324 e. The summed E-state index contributed by atoms with van der Waals surface area (Å²) < 4.78 is 1.44. The Morgan fingerprint density at radius 2 is 1.71 bits per heavy atom. The largest absolute Gasteiger partial charge is 0.324 e. The van der Waals surface area contributed by atoms with Crippen molar-refractivity contribution in [3.63, 3.8) is 0 Å². The molecular weight excluding hydrogens is 428 g/mol. The highest BCUT2D eigenvalue weighted by molar-refractivity contribution is 5.94. The number of aryl methyl sites for hydroxylation is 3. The van der Waals surface area contributed by atoms with Crippen LogP contribution in [0.25, 0.3) is 11.0 Å². The van der Waals surface area contributed by atoms with Gasteiger partial charge in [0.15, 0.2) is 0 Å². The Morgan fingerprint density at radius 1 is 1.06 bits per heavy atom. The van der Waals surface area contributed by atoms with Gasteiger partial charge in [0.1, 0.15) is 6.54 Å². The van der Waals surface area contributed by atoms with Crippen LogP contribution in [0.5, 0.6) is 0 Å². The van der Waals surface area contributed by atoms with Gasteiger partial charge in [0, 0.05) is 18.7 Å². The predicted octanol–water partition coefficient (Wildman–Crippen LogP) is 4.65. The summed E-state index contributed by atoms with van der Waals surface area (Å²) >= 11 is 0. The molecule has 1 aliphatic carbocycles. The van der Waals surface area contributed by atoms with Crippen molar-refractivity contribution < 1.29 is 9.59 Å². The van der Waals surface area contributed by atoms with E-state index >= 15 is 0 Å². The fraction of sp³-hybridized carbons (Fsp3) is 0.407. The molecule has 0 atom stereocenters. The van der Waals surface area contributed by atoms with E-state index in [1.54, 1.807) is 17.0 Å². The van der Waals surface area contributed by atoms with Gasteiger partial charge < -0.3 is 5.32 Å². The molecule has 1 heterocycles. The number of fused-ring (bicyclic) bond motifs is 1. The summed E-state index contributed by atoms with van der Waals surface area (Å²) in [5.74, 6) is -0.395. The lowest BCUT2D eigenvalue weighted by molar-refractivity contribution is -0.117. The molecule has 0 saturated heterocycles. The van der Waals surface area contributed by atoms with Gasteiger partial charge in [0.05, 0.1) is 11.0 Å². The lowest BCUT2D eigenvalue weighted by atomic mass is 9.94. The highest BCUT2D eigenvalue weighted by atomic mass is 16.2. The lowest BCUT2D eigenvalue weighted by Crippen LogP contribution is -2.45. The number of anilines is 2. The minimum atomic E-state index is -0.424. The number of nitrogens with zero attached hydrogens (tertiary/aromatic N) is 3. The van der Waals surface area contributed by atoms with Crippen molar-refractivity contribution >= 4 is 34.4 Å². The van der Waals surface area contributed by atoms with Crippen LogP contribution in [0.3, 0.4) is 0 Å². The molecule has 3 aromatic rings. The summed E-state index contributed by atoms with van der Waals surface area (Å²) in [5, 5.41) is 2.98. The smallest absolute Gasteiger partial charge is 0.294 e. The lowest BCUT2D eigenvalue weighted by Gasteiger charge is -2.32. The molecule has 1 aromatic heterocycles. The van der Waals surface area contributed by atoms with Crippen LogP contribution >= 0.6 is 0 Å². The molecule has 1 saturated carbocycles. The fourth-order valence-electron chi connectivity index (χ4n) is 5.11. The maximum Gasteiger partial charge on any atom is 0.294 e. The van der Waals surface area contributed by atoms with Crippen LogP contribution in [0.2, 0.25) is 0 Å². The number of benzene rings is 2. The molecule has 0 aliphatic heterocycles. The van der Waals surface area contributed by atoms with Crippen molar-refractivity contribution in [3.05, 3.63) is 63.4 Å². The van der Waals surface area contributed by atoms with Gasteiger partial charge in [-0.15, -0.1) is 0 Å². The number of hydrogen-bond acceptors (Lipinski definition) is 4. The van der Waals surface area contributed by atoms with Gasteiger partial charge in [0.2, 0.25) is 17.6 Å². The Labute approximate surface area is 199 Å². The maximum absolute atomic E-state index is 13.7. The van der Waals surface area contributed by atoms with E-state index < -0.39 is 5.56 Å². The summed E-state index contributed by atoms with van der Waals surface area (Å²) in [4.78, 5) is 45.6. The topological polar surface area (TPSA) is 84.3 Å². The Balaban J connectivity index is 1.75. The number of carbonyl (C=O) groups excluding carboxylic acids is 2. The quantitative estimate of drug-likeness (QED) is 0.601. The molecule has 2 aromatic carbocycles. The maximum atomic E-state index is 13.7. The zero-order valence-corrected chi connectivity index (χ0v) is 20.4. The highest BCUT2D eigenvalue weighted by Crippen LogP contribution is 2.26. The minimum absolute atomic E-state index is 0.0484. The molecule has 4 rings (SSSR count). The third kappa shape index (κ3) is 4.74. The van der Waals surface area contributed by atoms with Crippen molar-refractivity contribution in [2.75, 3.05) is 10.2 Å². The number of rotatable bonds is 5. The summed E-state index contributed by atoms with van der Waals surface area (Å²) in [7, 11) is 0. The molecule has 1 aliphatic rings. The van der Waals surface area contributed by atoms with E-state index in [2.05, 4.69) is 10.3 Å². The van der Waals surface area contributed by atoms with Crippen LogP contribution in [0, 0.1) is 20.8 Å².